The maximum Gasteiger partial charge on any atom is 0.490 e. The number of rotatable bonds is 4. The number of carboxylic acids is 2. The van der Waals surface area contributed by atoms with Gasteiger partial charge in [-0.2, -0.15) is 31.4 Å². The fraction of sp³-hybridized carbons (Fsp3) is 0.600. The van der Waals surface area contributed by atoms with Gasteiger partial charge in [0, 0.05) is 49.8 Å². The molecule has 2 heterocycles. The third-order valence-corrected chi connectivity index (χ3v) is 6.97. The molecule has 3 unspecified atom stereocenters. The Labute approximate surface area is 227 Å². The van der Waals surface area contributed by atoms with Gasteiger partial charge in [0.1, 0.15) is 0 Å². The van der Waals surface area contributed by atoms with Crippen molar-refractivity contribution >= 4 is 23.6 Å². The molecule has 2 N–H and O–H groups in total. The molecule has 1 spiro atoms. The number of carboxylic acid groups (broad SMARTS) is 2. The quantitative estimate of drug-likeness (QED) is 0.519. The predicted molar refractivity (Wildman–Crippen MR) is 132 cm³/mol. The number of carbonyl (C=O) groups is 3. The van der Waals surface area contributed by atoms with Crippen LogP contribution in [-0.4, -0.2) is 107 Å². The van der Waals surface area contributed by atoms with Crippen LogP contribution >= 0.6 is 0 Å². The van der Waals surface area contributed by atoms with E-state index in [1.54, 1.807) is 0 Å². The SMILES string of the molecule is CC1=NN(C(=O)c2ccccc2)C2(CCC3CN(CCN(C)C)CC32)C1.O=C(O)C(F)(F)F.O=C(O)C(F)(F)F. The van der Waals surface area contributed by atoms with E-state index >= 15 is 0 Å². The number of benzene rings is 1. The highest BCUT2D eigenvalue weighted by molar-refractivity contribution is 5.98. The lowest BCUT2D eigenvalue weighted by molar-refractivity contribution is -0.193. The van der Waals surface area contributed by atoms with Crippen molar-refractivity contribution in [3.63, 3.8) is 0 Å². The second kappa shape index (κ2) is 13.0. The predicted octanol–water partition coefficient (Wildman–Crippen LogP) is 3.82. The minimum Gasteiger partial charge on any atom is -0.475 e. The summed E-state index contributed by atoms with van der Waals surface area (Å²) in [6, 6.07) is 9.63. The fourth-order valence-corrected chi connectivity index (χ4v) is 5.26. The van der Waals surface area contributed by atoms with Gasteiger partial charge in [-0.1, -0.05) is 18.2 Å². The van der Waals surface area contributed by atoms with Gasteiger partial charge in [0.15, 0.2) is 0 Å². The van der Waals surface area contributed by atoms with Crippen LogP contribution in [0.4, 0.5) is 26.3 Å². The van der Waals surface area contributed by atoms with E-state index in [-0.39, 0.29) is 11.4 Å². The van der Waals surface area contributed by atoms with Crippen molar-refractivity contribution in [1.82, 2.24) is 14.8 Å². The number of alkyl halides is 6. The summed E-state index contributed by atoms with van der Waals surface area (Å²) in [6.07, 6.45) is -6.93. The lowest BCUT2D eigenvalue weighted by Gasteiger charge is -2.38. The summed E-state index contributed by atoms with van der Waals surface area (Å²) in [6.45, 7) is 6.55. The van der Waals surface area contributed by atoms with E-state index < -0.39 is 24.3 Å². The summed E-state index contributed by atoms with van der Waals surface area (Å²) in [5.74, 6) is -4.21. The molecule has 3 aliphatic rings. The smallest absolute Gasteiger partial charge is 0.475 e. The van der Waals surface area contributed by atoms with Crippen molar-refractivity contribution in [2.24, 2.45) is 16.9 Å². The van der Waals surface area contributed by atoms with Crippen LogP contribution in [0.3, 0.4) is 0 Å². The molecule has 1 aromatic carbocycles. The number of carbonyl (C=O) groups excluding carboxylic acids is 1. The van der Waals surface area contributed by atoms with E-state index in [0.29, 0.717) is 11.8 Å². The highest BCUT2D eigenvalue weighted by atomic mass is 19.4. The van der Waals surface area contributed by atoms with Crippen molar-refractivity contribution in [2.75, 3.05) is 40.3 Å². The topological polar surface area (TPSA) is 114 Å². The number of hydrogen-bond acceptors (Lipinski definition) is 6. The lowest BCUT2D eigenvalue weighted by atomic mass is 9.81. The first-order chi connectivity index (χ1) is 18.4. The molecule has 0 radical (unpaired) electrons. The number of hydrogen-bond donors (Lipinski definition) is 2. The van der Waals surface area contributed by atoms with Gasteiger partial charge < -0.3 is 20.0 Å². The monoisotopic (exact) mass is 582 g/mol. The molecular formula is C25H32F6N4O5. The zero-order valence-corrected chi connectivity index (χ0v) is 22.2. The average molecular weight is 583 g/mol. The largest absolute Gasteiger partial charge is 0.490 e. The Morgan fingerprint density at radius 2 is 1.52 bits per heavy atom. The summed E-state index contributed by atoms with van der Waals surface area (Å²) in [4.78, 5) is 35.9. The van der Waals surface area contributed by atoms with Gasteiger partial charge >= 0.3 is 24.3 Å². The summed E-state index contributed by atoms with van der Waals surface area (Å²) >= 11 is 0. The number of likely N-dealkylation sites (tertiary alicyclic amines) is 1. The molecule has 224 valence electrons. The maximum atomic E-state index is 13.2. The third-order valence-electron chi connectivity index (χ3n) is 6.97. The second-order valence-corrected chi connectivity index (χ2v) is 10.2. The molecular weight excluding hydrogens is 550 g/mol. The van der Waals surface area contributed by atoms with Crippen molar-refractivity contribution in [2.45, 2.75) is 44.1 Å². The molecule has 15 heteroatoms. The van der Waals surface area contributed by atoms with E-state index in [2.05, 4.69) is 30.8 Å². The van der Waals surface area contributed by atoms with Crippen LogP contribution in [-0.2, 0) is 9.59 Å². The Morgan fingerprint density at radius 1 is 1.00 bits per heavy atom. The molecule has 1 aromatic rings. The molecule has 9 nitrogen and oxygen atoms in total. The normalized spacial score (nSPS) is 24.1. The molecule has 1 amide bonds. The zero-order chi connectivity index (χ0) is 30.5. The number of hydrazone groups is 1. The number of halogens is 6. The Morgan fingerprint density at radius 3 is 2.00 bits per heavy atom. The molecule has 0 bridgehead atoms. The molecule has 2 aliphatic heterocycles. The first-order valence-electron chi connectivity index (χ1n) is 12.3. The summed E-state index contributed by atoms with van der Waals surface area (Å²) in [7, 11) is 4.26. The molecule has 1 saturated heterocycles. The molecule has 4 rings (SSSR count). The van der Waals surface area contributed by atoms with E-state index in [1.807, 2.05) is 35.3 Å². The van der Waals surface area contributed by atoms with Gasteiger partial charge in [0.05, 0.1) is 5.54 Å². The fourth-order valence-electron chi connectivity index (χ4n) is 5.26. The number of amides is 1. The van der Waals surface area contributed by atoms with Crippen molar-refractivity contribution in [3.05, 3.63) is 35.9 Å². The molecule has 1 saturated carbocycles. The molecule has 0 aromatic heterocycles. The van der Waals surface area contributed by atoms with Crippen LogP contribution in [0.5, 0.6) is 0 Å². The van der Waals surface area contributed by atoms with Gasteiger partial charge in [-0.3, -0.25) is 4.79 Å². The third kappa shape index (κ3) is 8.40. The number of nitrogens with zero attached hydrogens (tertiary/aromatic N) is 4. The van der Waals surface area contributed by atoms with Crippen LogP contribution in [0.1, 0.15) is 36.5 Å². The molecule has 2 fully saturated rings. The molecule has 3 atom stereocenters. The Bertz CT molecular complexity index is 1060. The second-order valence-electron chi connectivity index (χ2n) is 10.2. The van der Waals surface area contributed by atoms with Crippen molar-refractivity contribution < 1.29 is 50.9 Å². The van der Waals surface area contributed by atoms with E-state index in [9.17, 15) is 31.1 Å². The van der Waals surface area contributed by atoms with Gasteiger partial charge in [0.2, 0.25) is 0 Å². The zero-order valence-electron chi connectivity index (χ0n) is 22.2. The van der Waals surface area contributed by atoms with E-state index in [4.69, 9.17) is 24.9 Å². The van der Waals surface area contributed by atoms with Crippen LogP contribution in [0, 0.1) is 11.8 Å². The van der Waals surface area contributed by atoms with Gasteiger partial charge in [-0.15, -0.1) is 0 Å². The summed E-state index contributed by atoms with van der Waals surface area (Å²) in [5, 5.41) is 20.9. The highest BCUT2D eigenvalue weighted by Gasteiger charge is 2.59. The summed E-state index contributed by atoms with van der Waals surface area (Å²) < 4.78 is 63.5. The van der Waals surface area contributed by atoms with Crippen LogP contribution in [0.15, 0.2) is 35.4 Å². The number of likely N-dealkylation sites (N-methyl/N-ethyl adjacent to an activating group) is 1. The summed E-state index contributed by atoms with van der Waals surface area (Å²) in [5.41, 5.74) is 1.74. The Hall–Kier alpha value is -3.20. The van der Waals surface area contributed by atoms with E-state index in [0.717, 1.165) is 43.8 Å². The highest BCUT2D eigenvalue weighted by Crippen LogP contribution is 2.52. The lowest BCUT2D eigenvalue weighted by Crippen LogP contribution is -2.50. The van der Waals surface area contributed by atoms with Crippen molar-refractivity contribution in [1.29, 1.82) is 0 Å². The van der Waals surface area contributed by atoms with Crippen LogP contribution in [0.25, 0.3) is 0 Å². The molecule has 1 aliphatic carbocycles. The standard InChI is InChI=1S/C21H30N4O.2C2HF3O2/c1-16-13-21(25(22-16)20(26)17-7-5-4-6-8-17)10-9-18-14-24(15-19(18)21)12-11-23(2)3;2*3-2(4,5)1(6)7/h4-8,18-19H,9-15H2,1-3H3;2*(H,6,7). The number of aliphatic carboxylic acids is 2. The Balaban J connectivity index is 0.000000333. The number of fused-ring (bicyclic) bond motifs is 2. The van der Waals surface area contributed by atoms with Gasteiger partial charge in [0.25, 0.3) is 5.91 Å². The van der Waals surface area contributed by atoms with E-state index in [1.165, 1.54) is 13.0 Å². The first kappa shape index (κ1) is 33.0. The molecule has 40 heavy (non-hydrogen) atoms. The van der Waals surface area contributed by atoms with Crippen molar-refractivity contribution in [3.8, 4) is 0 Å². The van der Waals surface area contributed by atoms with Crippen LogP contribution < -0.4 is 0 Å². The van der Waals surface area contributed by atoms with Gasteiger partial charge in [-0.25, -0.2) is 14.6 Å². The minimum absolute atomic E-state index is 0.0647. The minimum atomic E-state index is -5.08. The van der Waals surface area contributed by atoms with Crippen LogP contribution in [0.2, 0.25) is 0 Å². The first-order valence-corrected chi connectivity index (χ1v) is 12.3. The average Bonchev–Trinajstić information content (AvgIpc) is 3.51. The maximum absolute atomic E-state index is 13.2. The van der Waals surface area contributed by atoms with Gasteiger partial charge in [-0.05, 0) is 51.9 Å². The Kier molecular flexibility index (Phi) is 10.7.